The Hall–Kier alpha value is -3.36. The Morgan fingerprint density at radius 2 is 2.18 bits per heavy atom. The number of rotatable bonds is 3. The third-order valence-electron chi connectivity index (χ3n) is 3.79. The molecule has 0 radical (unpaired) electrons. The highest BCUT2D eigenvalue weighted by molar-refractivity contribution is 5.85. The first-order valence-corrected chi connectivity index (χ1v) is 8.54. The molecule has 8 nitrogen and oxygen atoms in total. The van der Waals surface area contributed by atoms with Gasteiger partial charge in [-0.05, 0) is 26.8 Å². The molecule has 2 N–H and O–H groups in total. The minimum Gasteiger partial charge on any atom is -0.506 e. The van der Waals surface area contributed by atoms with Crippen molar-refractivity contribution >= 4 is 17.9 Å². The van der Waals surface area contributed by atoms with Gasteiger partial charge in [-0.15, -0.1) is 0 Å². The van der Waals surface area contributed by atoms with Crippen molar-refractivity contribution in [3.05, 3.63) is 47.5 Å². The predicted octanol–water partition coefficient (Wildman–Crippen LogP) is 3.79. The molecule has 28 heavy (non-hydrogen) atoms. The van der Waals surface area contributed by atoms with Crippen molar-refractivity contribution in [3.63, 3.8) is 0 Å². The van der Waals surface area contributed by atoms with E-state index in [1.54, 1.807) is 26.8 Å². The molecule has 0 saturated heterocycles. The van der Waals surface area contributed by atoms with Crippen molar-refractivity contribution in [1.29, 1.82) is 0 Å². The van der Waals surface area contributed by atoms with Crippen LogP contribution in [0.25, 0.3) is 0 Å². The molecule has 2 heterocycles. The molecule has 0 spiro atoms. The first kappa shape index (κ1) is 19.4. The molecular weight excluding hydrogens is 369 g/mol. The van der Waals surface area contributed by atoms with E-state index in [4.69, 9.17) is 9.47 Å². The Morgan fingerprint density at radius 3 is 2.89 bits per heavy atom. The number of ether oxygens (including phenoxy) is 2. The van der Waals surface area contributed by atoms with Crippen LogP contribution in [0.2, 0.25) is 0 Å². The number of fused-ring (bicyclic) bond motifs is 1. The molecule has 0 atom stereocenters. The number of carbonyl (C=O) groups is 2. The summed E-state index contributed by atoms with van der Waals surface area (Å²) in [7, 11) is 0. The second-order valence-electron chi connectivity index (χ2n) is 7.27. The van der Waals surface area contributed by atoms with E-state index in [0.29, 0.717) is 5.69 Å². The van der Waals surface area contributed by atoms with Gasteiger partial charge in [0, 0.05) is 11.6 Å². The largest absolute Gasteiger partial charge is 0.506 e. The monoisotopic (exact) mass is 389 g/mol. The maximum Gasteiger partial charge on any atom is 0.415 e. The molecule has 0 unspecified atom stereocenters. The Kier molecular flexibility index (Phi) is 5.08. The lowest BCUT2D eigenvalue weighted by Crippen LogP contribution is -2.37. The normalized spacial score (nSPS) is 13.6. The lowest BCUT2D eigenvalue weighted by molar-refractivity contribution is 0.0635. The minimum atomic E-state index is -0.779. The molecule has 0 fully saturated rings. The molecule has 0 saturated carbocycles. The van der Waals surface area contributed by atoms with Crippen molar-refractivity contribution < 1.29 is 28.6 Å². The lowest BCUT2D eigenvalue weighted by atomic mass is 10.1. The summed E-state index contributed by atoms with van der Waals surface area (Å²) in [6.45, 7) is 5.11. The molecule has 0 bridgehead atoms. The Bertz CT molecular complexity index is 926. The quantitative estimate of drug-likeness (QED) is 0.828. The van der Waals surface area contributed by atoms with E-state index in [0.717, 1.165) is 0 Å². The fraction of sp³-hybridized carbons (Fsp3) is 0.316. The summed E-state index contributed by atoms with van der Waals surface area (Å²) < 4.78 is 25.1. The molecule has 148 valence electrons. The van der Waals surface area contributed by atoms with E-state index >= 15 is 0 Å². The van der Waals surface area contributed by atoms with Crippen LogP contribution in [-0.4, -0.2) is 32.8 Å². The maximum atomic E-state index is 14.8. The number of benzene rings is 1. The van der Waals surface area contributed by atoms with Crippen LogP contribution in [0.1, 0.15) is 32.0 Å². The zero-order chi connectivity index (χ0) is 20.5. The van der Waals surface area contributed by atoms with Crippen LogP contribution < -0.4 is 10.1 Å². The van der Waals surface area contributed by atoms with Gasteiger partial charge in [-0.2, -0.15) is 0 Å². The van der Waals surface area contributed by atoms with Gasteiger partial charge in [-0.3, -0.25) is 15.2 Å². The number of hydrogen-bond donors (Lipinski definition) is 2. The average molecular weight is 389 g/mol. The molecule has 0 aliphatic carbocycles. The van der Waals surface area contributed by atoms with Gasteiger partial charge in [0.25, 0.3) is 0 Å². The van der Waals surface area contributed by atoms with E-state index in [1.807, 2.05) is 0 Å². The summed E-state index contributed by atoms with van der Waals surface area (Å²) >= 11 is 0. The van der Waals surface area contributed by atoms with E-state index in [9.17, 15) is 19.1 Å². The third-order valence-corrected chi connectivity index (χ3v) is 3.79. The van der Waals surface area contributed by atoms with Crippen molar-refractivity contribution in [1.82, 2.24) is 9.88 Å². The fourth-order valence-electron chi connectivity index (χ4n) is 2.61. The summed E-state index contributed by atoms with van der Waals surface area (Å²) in [5.74, 6) is -0.625. The minimum absolute atomic E-state index is 0.0550. The van der Waals surface area contributed by atoms with Gasteiger partial charge >= 0.3 is 12.2 Å². The highest BCUT2D eigenvalue weighted by atomic mass is 19.1. The second-order valence-corrected chi connectivity index (χ2v) is 7.27. The SMILES string of the molecule is CC(C)(C)OC(=O)Nc1cccc(CN2Cc3ncc(O)cc3OC2=O)c1F. The third kappa shape index (κ3) is 4.48. The number of nitrogens with one attached hydrogen (secondary N) is 1. The number of anilines is 1. The molecule has 2 aromatic rings. The van der Waals surface area contributed by atoms with Crippen LogP contribution >= 0.6 is 0 Å². The molecule has 1 aromatic carbocycles. The summed E-state index contributed by atoms with van der Waals surface area (Å²) in [5, 5.41) is 11.8. The standard InChI is InChI=1S/C19H20FN3O5/c1-19(2,3)28-17(25)22-13-6-4-5-11(16(13)20)9-23-10-14-15(27-18(23)26)7-12(24)8-21-14/h4-8,24H,9-10H2,1-3H3,(H,22,25). The number of carbonyl (C=O) groups excluding carboxylic acids is 2. The van der Waals surface area contributed by atoms with E-state index in [1.165, 1.54) is 29.3 Å². The smallest absolute Gasteiger partial charge is 0.415 e. The molecule has 1 aromatic heterocycles. The molecule has 3 rings (SSSR count). The van der Waals surface area contributed by atoms with Gasteiger partial charge < -0.3 is 14.6 Å². The van der Waals surface area contributed by atoms with E-state index in [2.05, 4.69) is 10.3 Å². The number of aromatic hydroxyl groups is 1. The summed E-state index contributed by atoms with van der Waals surface area (Å²) in [6.07, 6.45) is -0.231. The Morgan fingerprint density at radius 1 is 1.43 bits per heavy atom. The molecule has 1 aliphatic heterocycles. The Balaban J connectivity index is 1.75. The molecule has 9 heteroatoms. The zero-order valence-corrected chi connectivity index (χ0v) is 15.7. The predicted molar refractivity (Wildman–Crippen MR) is 97.4 cm³/mol. The summed E-state index contributed by atoms with van der Waals surface area (Å²) in [4.78, 5) is 29.4. The van der Waals surface area contributed by atoms with Gasteiger partial charge in [0.05, 0.1) is 25.0 Å². The van der Waals surface area contributed by atoms with E-state index in [-0.39, 0.29) is 35.8 Å². The number of nitrogens with zero attached hydrogens (tertiary/aromatic N) is 2. The van der Waals surface area contributed by atoms with Crippen LogP contribution in [0.5, 0.6) is 11.5 Å². The highest BCUT2D eigenvalue weighted by Gasteiger charge is 2.27. The van der Waals surface area contributed by atoms with Crippen LogP contribution in [0.3, 0.4) is 0 Å². The van der Waals surface area contributed by atoms with Crippen LogP contribution in [0.15, 0.2) is 30.5 Å². The van der Waals surface area contributed by atoms with Crippen molar-refractivity contribution in [3.8, 4) is 11.5 Å². The van der Waals surface area contributed by atoms with Gasteiger partial charge in [0.15, 0.2) is 11.6 Å². The Labute approximate surface area is 160 Å². The first-order chi connectivity index (χ1) is 13.1. The van der Waals surface area contributed by atoms with Gasteiger partial charge in [0.1, 0.15) is 17.0 Å². The van der Waals surface area contributed by atoms with Crippen LogP contribution in [0.4, 0.5) is 19.7 Å². The summed E-state index contributed by atoms with van der Waals surface area (Å²) in [6, 6.07) is 5.76. The molecular formula is C19H20FN3O5. The number of aromatic nitrogens is 1. The summed E-state index contributed by atoms with van der Waals surface area (Å²) in [5.41, 5.74) is -0.140. The number of halogens is 1. The fourth-order valence-corrected chi connectivity index (χ4v) is 2.61. The first-order valence-electron chi connectivity index (χ1n) is 8.54. The van der Waals surface area contributed by atoms with Crippen LogP contribution in [-0.2, 0) is 17.8 Å². The topological polar surface area (TPSA) is 101 Å². The molecule has 2 amide bonds. The van der Waals surface area contributed by atoms with E-state index < -0.39 is 23.6 Å². The number of pyridine rings is 1. The zero-order valence-electron chi connectivity index (χ0n) is 15.7. The second kappa shape index (κ2) is 7.34. The average Bonchev–Trinajstić information content (AvgIpc) is 2.57. The highest BCUT2D eigenvalue weighted by Crippen LogP contribution is 2.29. The van der Waals surface area contributed by atoms with Gasteiger partial charge in [-0.25, -0.2) is 14.0 Å². The maximum absolute atomic E-state index is 14.8. The van der Waals surface area contributed by atoms with Crippen LogP contribution in [0, 0.1) is 5.82 Å². The van der Waals surface area contributed by atoms with Crippen molar-refractivity contribution in [2.24, 2.45) is 0 Å². The molecule has 1 aliphatic rings. The number of hydrogen-bond acceptors (Lipinski definition) is 6. The van der Waals surface area contributed by atoms with Crippen molar-refractivity contribution in [2.45, 2.75) is 39.5 Å². The van der Waals surface area contributed by atoms with Gasteiger partial charge in [-0.1, -0.05) is 12.1 Å². The van der Waals surface area contributed by atoms with Crippen molar-refractivity contribution in [2.75, 3.05) is 5.32 Å². The van der Waals surface area contributed by atoms with Gasteiger partial charge in [0.2, 0.25) is 0 Å². The number of amides is 2. The lowest BCUT2D eigenvalue weighted by Gasteiger charge is -2.27.